The van der Waals surface area contributed by atoms with Gasteiger partial charge in [0.25, 0.3) is 0 Å². The number of aromatic carboxylic acids is 1. The van der Waals surface area contributed by atoms with E-state index in [1.807, 2.05) is 30.3 Å². The van der Waals surface area contributed by atoms with E-state index in [-0.39, 0.29) is 5.56 Å². The number of benzene rings is 3. The van der Waals surface area contributed by atoms with Crippen molar-refractivity contribution in [3.8, 4) is 11.5 Å². The number of carboxylic acids is 1. The minimum atomic E-state index is -0.948. The minimum absolute atomic E-state index is 0.248. The van der Waals surface area contributed by atoms with Crippen molar-refractivity contribution in [3.63, 3.8) is 0 Å². The molecule has 6 heteroatoms. The van der Waals surface area contributed by atoms with Gasteiger partial charge in [-0.05, 0) is 79.6 Å². The third-order valence-electron chi connectivity index (χ3n) is 5.12. The maximum Gasteiger partial charge on any atom is 0.335 e. The maximum atomic E-state index is 11.0. The predicted molar refractivity (Wildman–Crippen MR) is 128 cm³/mol. The quantitative estimate of drug-likeness (QED) is 0.424. The fraction of sp³-hybridized carbons (Fsp3) is 0.231. The van der Waals surface area contributed by atoms with Crippen LogP contribution in [0.15, 0.2) is 71.7 Å². The number of rotatable bonds is 10. The fourth-order valence-electron chi connectivity index (χ4n) is 3.28. The first kappa shape index (κ1) is 22.9. The normalized spacial score (nSPS) is 10.8. The van der Waals surface area contributed by atoms with Gasteiger partial charge in [-0.2, -0.15) is 0 Å². The van der Waals surface area contributed by atoms with Crippen LogP contribution in [0.2, 0.25) is 0 Å². The van der Waals surface area contributed by atoms with Gasteiger partial charge in [-0.15, -0.1) is 0 Å². The van der Waals surface area contributed by atoms with E-state index in [0.717, 1.165) is 29.9 Å². The van der Waals surface area contributed by atoms with Gasteiger partial charge in [0.2, 0.25) is 0 Å². The summed E-state index contributed by atoms with van der Waals surface area (Å²) in [4.78, 5) is 17.8. The highest BCUT2D eigenvalue weighted by molar-refractivity contribution is 5.87. The molecule has 1 N–H and O–H groups in total. The smallest absolute Gasteiger partial charge is 0.335 e. The highest BCUT2D eigenvalue weighted by atomic mass is 16.5. The summed E-state index contributed by atoms with van der Waals surface area (Å²) in [5.74, 6) is 0.264. The molecule has 3 aromatic rings. The topological polar surface area (TPSA) is 71.4 Å². The molecule has 166 valence electrons. The van der Waals surface area contributed by atoms with Crippen LogP contribution in [0, 0.1) is 0 Å². The molecule has 0 unspecified atom stereocenters. The highest BCUT2D eigenvalue weighted by Gasteiger charge is 2.07. The molecule has 0 saturated heterocycles. The van der Waals surface area contributed by atoms with Crippen molar-refractivity contribution in [2.75, 3.05) is 25.1 Å². The average molecular weight is 433 g/mol. The van der Waals surface area contributed by atoms with Crippen molar-refractivity contribution in [1.82, 2.24) is 0 Å². The van der Waals surface area contributed by atoms with Crippen LogP contribution >= 0.6 is 0 Å². The zero-order valence-electron chi connectivity index (χ0n) is 18.6. The first-order valence-electron chi connectivity index (χ1n) is 10.6. The molecule has 0 spiro atoms. The Morgan fingerprint density at radius 2 is 1.66 bits per heavy atom. The van der Waals surface area contributed by atoms with Crippen molar-refractivity contribution in [3.05, 3.63) is 83.4 Å². The Balaban J connectivity index is 1.66. The molecule has 0 heterocycles. The maximum absolute atomic E-state index is 11.0. The van der Waals surface area contributed by atoms with Gasteiger partial charge in [0, 0.05) is 25.0 Å². The molecule has 0 saturated carbocycles. The van der Waals surface area contributed by atoms with E-state index in [1.165, 1.54) is 5.69 Å². The van der Waals surface area contributed by atoms with Crippen molar-refractivity contribution in [1.29, 1.82) is 0 Å². The van der Waals surface area contributed by atoms with Crippen molar-refractivity contribution in [2.45, 2.75) is 20.5 Å². The molecule has 0 aliphatic carbocycles. The summed E-state index contributed by atoms with van der Waals surface area (Å²) in [6, 6.07) is 20.4. The summed E-state index contributed by atoms with van der Waals surface area (Å²) in [6.07, 6.45) is 1.79. The fourth-order valence-corrected chi connectivity index (χ4v) is 3.28. The number of methoxy groups -OCH3 is 1. The van der Waals surface area contributed by atoms with Gasteiger partial charge >= 0.3 is 5.97 Å². The Morgan fingerprint density at radius 3 is 2.25 bits per heavy atom. The van der Waals surface area contributed by atoms with Gasteiger partial charge < -0.3 is 19.5 Å². The van der Waals surface area contributed by atoms with Gasteiger partial charge in [-0.25, -0.2) is 4.79 Å². The Labute approximate surface area is 188 Å². The van der Waals surface area contributed by atoms with E-state index < -0.39 is 5.97 Å². The predicted octanol–water partition coefficient (Wildman–Crippen LogP) is 5.57. The Hall–Kier alpha value is -3.80. The monoisotopic (exact) mass is 432 g/mol. The van der Waals surface area contributed by atoms with E-state index in [9.17, 15) is 4.79 Å². The third kappa shape index (κ3) is 5.88. The lowest BCUT2D eigenvalue weighted by atomic mass is 10.1. The van der Waals surface area contributed by atoms with Crippen LogP contribution in [0.3, 0.4) is 0 Å². The van der Waals surface area contributed by atoms with Crippen LogP contribution in [0.1, 0.15) is 35.3 Å². The summed E-state index contributed by atoms with van der Waals surface area (Å²) < 4.78 is 11.3. The molecular formula is C26H28N2O4. The lowest BCUT2D eigenvalue weighted by Gasteiger charge is -2.20. The van der Waals surface area contributed by atoms with Crippen molar-refractivity contribution >= 4 is 23.6 Å². The van der Waals surface area contributed by atoms with Crippen LogP contribution in [-0.2, 0) is 6.61 Å². The van der Waals surface area contributed by atoms with Gasteiger partial charge in [-0.3, -0.25) is 4.99 Å². The second-order valence-electron chi connectivity index (χ2n) is 7.15. The van der Waals surface area contributed by atoms with Gasteiger partial charge in [0.05, 0.1) is 18.4 Å². The van der Waals surface area contributed by atoms with E-state index in [2.05, 4.69) is 35.9 Å². The summed E-state index contributed by atoms with van der Waals surface area (Å²) in [5, 5.41) is 8.99. The molecule has 32 heavy (non-hydrogen) atoms. The number of anilines is 1. The molecule has 6 nitrogen and oxygen atoms in total. The summed E-state index contributed by atoms with van der Waals surface area (Å²) in [5.41, 5.74) is 4.08. The molecule has 3 aromatic carbocycles. The molecule has 0 aliphatic heterocycles. The zero-order chi connectivity index (χ0) is 22.9. The lowest BCUT2D eigenvalue weighted by Crippen LogP contribution is -2.21. The van der Waals surface area contributed by atoms with Gasteiger partial charge in [0.15, 0.2) is 11.5 Å². The first-order chi connectivity index (χ1) is 15.5. The number of carboxylic acid groups (broad SMARTS) is 1. The molecule has 0 aromatic heterocycles. The van der Waals surface area contributed by atoms with E-state index in [0.29, 0.717) is 18.1 Å². The van der Waals surface area contributed by atoms with Crippen LogP contribution < -0.4 is 14.4 Å². The number of nitrogens with zero attached hydrogens (tertiary/aromatic N) is 2. The summed E-state index contributed by atoms with van der Waals surface area (Å²) in [7, 11) is 1.59. The second kappa shape index (κ2) is 11.0. The molecule has 0 amide bonds. The molecule has 0 radical (unpaired) electrons. The summed E-state index contributed by atoms with van der Waals surface area (Å²) in [6.45, 7) is 6.54. The van der Waals surface area contributed by atoms with Crippen LogP contribution in [0.5, 0.6) is 11.5 Å². The standard InChI is InChI=1S/C26H28N2O4/c1-4-28(5-2)23-13-11-22(12-14-23)27-17-20-8-15-24(25(16-20)31-3)32-18-19-6-9-21(10-7-19)26(29)30/h6-17H,4-5,18H2,1-3H3,(H,29,30). The molecule has 0 aliphatic rings. The number of hydrogen-bond acceptors (Lipinski definition) is 5. The number of carbonyl (C=O) groups is 1. The SMILES string of the molecule is CCN(CC)c1ccc(N=Cc2ccc(OCc3ccc(C(=O)O)cc3)c(OC)c2)cc1. The van der Waals surface area contributed by atoms with E-state index >= 15 is 0 Å². The molecule has 0 bridgehead atoms. The van der Waals surface area contributed by atoms with Crippen molar-refractivity contribution in [2.24, 2.45) is 4.99 Å². The third-order valence-corrected chi connectivity index (χ3v) is 5.12. The minimum Gasteiger partial charge on any atom is -0.493 e. The Kier molecular flexibility index (Phi) is 7.86. The Morgan fingerprint density at radius 1 is 0.969 bits per heavy atom. The highest BCUT2D eigenvalue weighted by Crippen LogP contribution is 2.29. The number of aliphatic imine (C=N–C) groups is 1. The molecular weight excluding hydrogens is 404 g/mol. The Bertz CT molecular complexity index is 1060. The molecule has 3 rings (SSSR count). The molecule has 0 atom stereocenters. The molecule has 0 fully saturated rings. The first-order valence-corrected chi connectivity index (χ1v) is 10.6. The van der Waals surface area contributed by atoms with Gasteiger partial charge in [-0.1, -0.05) is 12.1 Å². The van der Waals surface area contributed by atoms with Crippen LogP contribution in [0.25, 0.3) is 0 Å². The number of hydrogen-bond donors (Lipinski definition) is 1. The number of ether oxygens (including phenoxy) is 2. The summed E-state index contributed by atoms with van der Waals surface area (Å²) >= 11 is 0. The van der Waals surface area contributed by atoms with Gasteiger partial charge in [0.1, 0.15) is 6.61 Å². The van der Waals surface area contributed by atoms with E-state index in [4.69, 9.17) is 14.6 Å². The zero-order valence-corrected chi connectivity index (χ0v) is 18.6. The van der Waals surface area contributed by atoms with Crippen LogP contribution in [0.4, 0.5) is 11.4 Å². The average Bonchev–Trinajstić information content (AvgIpc) is 2.83. The lowest BCUT2D eigenvalue weighted by molar-refractivity contribution is 0.0697. The largest absolute Gasteiger partial charge is 0.493 e. The van der Waals surface area contributed by atoms with E-state index in [1.54, 1.807) is 37.6 Å². The van der Waals surface area contributed by atoms with Crippen molar-refractivity contribution < 1.29 is 19.4 Å². The second-order valence-corrected chi connectivity index (χ2v) is 7.15. The van der Waals surface area contributed by atoms with Crippen LogP contribution in [-0.4, -0.2) is 37.5 Å².